The molecule has 1 fully saturated rings. The van der Waals surface area contributed by atoms with Gasteiger partial charge in [-0.25, -0.2) is 8.42 Å². The van der Waals surface area contributed by atoms with E-state index in [-0.39, 0.29) is 10.9 Å². The number of nitrogens with one attached hydrogen (secondary N) is 1. The lowest BCUT2D eigenvalue weighted by atomic mass is 10.2. The number of aromatic nitrogens is 1. The number of sulfonamides is 1. The third-order valence-electron chi connectivity index (χ3n) is 3.56. The first-order chi connectivity index (χ1) is 9.50. The number of nitrogen functional groups attached to an aromatic ring is 1. The monoisotopic (exact) mass is 295 g/mol. The van der Waals surface area contributed by atoms with Crippen molar-refractivity contribution in [3.05, 3.63) is 24.4 Å². The van der Waals surface area contributed by atoms with Gasteiger partial charge in [0.15, 0.2) is 0 Å². The number of benzene rings is 1. The van der Waals surface area contributed by atoms with Gasteiger partial charge in [-0.2, -0.15) is 4.31 Å². The van der Waals surface area contributed by atoms with Gasteiger partial charge in [0, 0.05) is 35.4 Å². The average Bonchev–Trinajstić information content (AvgIpc) is 2.82. The number of aromatic amines is 1. The second-order valence-electron chi connectivity index (χ2n) is 5.00. The highest BCUT2D eigenvalue weighted by atomic mass is 32.2. The van der Waals surface area contributed by atoms with Crippen LogP contribution in [0, 0.1) is 0 Å². The molecule has 1 atom stereocenters. The van der Waals surface area contributed by atoms with Crippen molar-refractivity contribution in [3.63, 3.8) is 0 Å². The fraction of sp³-hybridized carbons (Fsp3) is 0.385. The number of hydrogen-bond donors (Lipinski definition) is 2. The van der Waals surface area contributed by atoms with Crippen LogP contribution in [-0.4, -0.2) is 43.5 Å². The summed E-state index contributed by atoms with van der Waals surface area (Å²) >= 11 is 0. The number of nitrogens with two attached hydrogens (primary N) is 1. The van der Waals surface area contributed by atoms with Crippen LogP contribution >= 0.6 is 0 Å². The number of anilines is 1. The Balaban J connectivity index is 2.11. The Labute approximate surface area is 117 Å². The van der Waals surface area contributed by atoms with Crippen LogP contribution in [0.25, 0.3) is 10.9 Å². The zero-order valence-corrected chi connectivity index (χ0v) is 12.0. The zero-order valence-electron chi connectivity index (χ0n) is 11.2. The van der Waals surface area contributed by atoms with E-state index in [4.69, 9.17) is 10.5 Å². The Morgan fingerprint density at radius 2 is 2.25 bits per heavy atom. The topological polar surface area (TPSA) is 88.4 Å². The molecular weight excluding hydrogens is 278 g/mol. The fourth-order valence-electron chi connectivity index (χ4n) is 2.52. The summed E-state index contributed by atoms with van der Waals surface area (Å²) in [5, 5.41) is 0.628. The highest BCUT2D eigenvalue weighted by Gasteiger charge is 2.33. The Bertz CT molecular complexity index is 738. The van der Waals surface area contributed by atoms with Crippen LogP contribution in [0.3, 0.4) is 0 Å². The number of ether oxygens (including phenoxy) is 1. The third kappa shape index (κ3) is 2.07. The van der Waals surface area contributed by atoms with Crippen LogP contribution in [0.15, 0.2) is 29.3 Å². The summed E-state index contributed by atoms with van der Waals surface area (Å²) in [6, 6.07) is 5.04. The molecule has 7 heteroatoms. The summed E-state index contributed by atoms with van der Waals surface area (Å²) in [4.78, 5) is 3.25. The Morgan fingerprint density at radius 1 is 1.45 bits per heavy atom. The first kappa shape index (κ1) is 13.4. The van der Waals surface area contributed by atoms with Gasteiger partial charge in [0.05, 0.1) is 13.2 Å². The van der Waals surface area contributed by atoms with Gasteiger partial charge in [-0.05, 0) is 25.1 Å². The van der Waals surface area contributed by atoms with Gasteiger partial charge >= 0.3 is 0 Å². The molecule has 1 aliphatic rings. The molecular formula is C13H17N3O3S. The first-order valence-electron chi connectivity index (χ1n) is 6.46. The van der Waals surface area contributed by atoms with Crippen molar-refractivity contribution in [1.82, 2.24) is 9.29 Å². The standard InChI is InChI=1S/C13H17N3O3S/c1-9-8-19-5-4-16(9)20(17,18)13-7-15-12-3-2-10(14)6-11(12)13/h2-3,6-7,9,15H,4-5,8,14H2,1H3/t9-/m1/s1. The minimum Gasteiger partial charge on any atom is -0.399 e. The van der Waals surface area contributed by atoms with E-state index in [2.05, 4.69) is 4.98 Å². The largest absolute Gasteiger partial charge is 0.399 e. The van der Waals surface area contributed by atoms with Crippen LogP contribution < -0.4 is 5.73 Å². The fourth-order valence-corrected chi connectivity index (χ4v) is 4.28. The summed E-state index contributed by atoms with van der Waals surface area (Å²) in [5.74, 6) is 0. The molecule has 108 valence electrons. The molecule has 0 aliphatic carbocycles. The normalized spacial score (nSPS) is 21.4. The minimum atomic E-state index is -3.54. The molecule has 0 bridgehead atoms. The Hall–Kier alpha value is -1.57. The predicted molar refractivity (Wildman–Crippen MR) is 76.9 cm³/mol. The lowest BCUT2D eigenvalue weighted by molar-refractivity contribution is 0.0393. The van der Waals surface area contributed by atoms with E-state index >= 15 is 0 Å². The summed E-state index contributed by atoms with van der Waals surface area (Å²) < 4.78 is 32.4. The van der Waals surface area contributed by atoms with Gasteiger partial charge in [-0.15, -0.1) is 0 Å². The number of fused-ring (bicyclic) bond motifs is 1. The van der Waals surface area contributed by atoms with Crippen molar-refractivity contribution in [2.24, 2.45) is 0 Å². The van der Waals surface area contributed by atoms with Gasteiger partial charge in [-0.1, -0.05) is 0 Å². The average molecular weight is 295 g/mol. The zero-order chi connectivity index (χ0) is 14.3. The van der Waals surface area contributed by atoms with Crippen LogP contribution in [-0.2, 0) is 14.8 Å². The summed E-state index contributed by atoms with van der Waals surface area (Å²) in [7, 11) is -3.54. The minimum absolute atomic E-state index is 0.167. The molecule has 1 saturated heterocycles. The van der Waals surface area contributed by atoms with Gasteiger partial charge in [0.1, 0.15) is 4.90 Å². The van der Waals surface area contributed by atoms with Crippen LogP contribution in [0.2, 0.25) is 0 Å². The van der Waals surface area contributed by atoms with E-state index in [1.165, 1.54) is 10.5 Å². The van der Waals surface area contributed by atoms with Crippen molar-refractivity contribution >= 4 is 26.6 Å². The first-order valence-corrected chi connectivity index (χ1v) is 7.90. The van der Waals surface area contributed by atoms with Gasteiger partial charge in [-0.3, -0.25) is 0 Å². The second kappa shape index (κ2) is 4.76. The van der Waals surface area contributed by atoms with Crippen molar-refractivity contribution < 1.29 is 13.2 Å². The van der Waals surface area contributed by atoms with Crippen LogP contribution in [0.4, 0.5) is 5.69 Å². The van der Waals surface area contributed by atoms with Gasteiger partial charge < -0.3 is 15.5 Å². The molecule has 0 radical (unpaired) electrons. The van der Waals surface area contributed by atoms with Crippen LogP contribution in [0.5, 0.6) is 0 Å². The highest BCUT2D eigenvalue weighted by molar-refractivity contribution is 7.89. The molecule has 2 heterocycles. The third-order valence-corrected chi connectivity index (χ3v) is 5.61. The number of H-pyrrole nitrogens is 1. The molecule has 1 aromatic heterocycles. The molecule has 0 spiro atoms. The molecule has 20 heavy (non-hydrogen) atoms. The summed E-state index contributed by atoms with van der Waals surface area (Å²) in [6.45, 7) is 3.07. The molecule has 3 rings (SSSR count). The van der Waals surface area contributed by atoms with E-state index in [9.17, 15) is 8.42 Å². The van der Waals surface area contributed by atoms with E-state index < -0.39 is 10.0 Å². The maximum Gasteiger partial charge on any atom is 0.245 e. The van der Waals surface area contributed by atoms with Crippen molar-refractivity contribution in [3.8, 4) is 0 Å². The number of rotatable bonds is 2. The molecule has 0 saturated carbocycles. The molecule has 1 aliphatic heterocycles. The second-order valence-corrected chi connectivity index (χ2v) is 6.86. The van der Waals surface area contributed by atoms with Crippen molar-refractivity contribution in [2.75, 3.05) is 25.5 Å². The maximum absolute atomic E-state index is 12.8. The maximum atomic E-state index is 12.8. The quantitative estimate of drug-likeness (QED) is 0.814. The van der Waals surface area contributed by atoms with Gasteiger partial charge in [0.25, 0.3) is 0 Å². The van der Waals surface area contributed by atoms with Crippen LogP contribution in [0.1, 0.15) is 6.92 Å². The van der Waals surface area contributed by atoms with Gasteiger partial charge in [0.2, 0.25) is 10.0 Å². The highest BCUT2D eigenvalue weighted by Crippen LogP contribution is 2.28. The Morgan fingerprint density at radius 3 is 3.00 bits per heavy atom. The Kier molecular flexibility index (Phi) is 3.19. The summed E-state index contributed by atoms with van der Waals surface area (Å²) in [5.41, 5.74) is 7.07. The number of hydrogen-bond acceptors (Lipinski definition) is 4. The molecule has 6 nitrogen and oxygen atoms in total. The van der Waals surface area contributed by atoms with E-state index in [1.807, 2.05) is 6.92 Å². The van der Waals surface area contributed by atoms with E-state index in [1.54, 1.807) is 18.2 Å². The van der Waals surface area contributed by atoms with E-state index in [0.717, 1.165) is 5.52 Å². The molecule has 0 unspecified atom stereocenters. The lowest BCUT2D eigenvalue weighted by Crippen LogP contribution is -2.46. The summed E-state index contributed by atoms with van der Waals surface area (Å²) in [6.07, 6.45) is 1.53. The SMILES string of the molecule is C[C@@H]1COCCN1S(=O)(=O)c1c[nH]c2ccc(N)cc12. The lowest BCUT2D eigenvalue weighted by Gasteiger charge is -2.32. The molecule has 1 aromatic carbocycles. The molecule has 2 aromatic rings. The predicted octanol–water partition coefficient (Wildman–Crippen LogP) is 1.16. The molecule has 0 amide bonds. The number of nitrogens with zero attached hydrogens (tertiary/aromatic N) is 1. The van der Waals surface area contributed by atoms with Crippen molar-refractivity contribution in [2.45, 2.75) is 17.9 Å². The van der Waals surface area contributed by atoms with E-state index in [0.29, 0.717) is 30.8 Å². The number of morpholine rings is 1. The van der Waals surface area contributed by atoms with Crippen molar-refractivity contribution in [1.29, 1.82) is 0 Å². The smallest absolute Gasteiger partial charge is 0.245 e. The molecule has 3 N–H and O–H groups in total.